The highest BCUT2D eigenvalue weighted by atomic mass is 32.1. The third-order valence-electron chi connectivity index (χ3n) is 4.55. The summed E-state index contributed by atoms with van der Waals surface area (Å²) in [5.74, 6) is -1.25. The van der Waals surface area contributed by atoms with Crippen LogP contribution >= 0.6 is 11.3 Å². The zero-order valence-corrected chi connectivity index (χ0v) is 13.2. The molecule has 1 N–H and O–H groups in total. The van der Waals surface area contributed by atoms with E-state index in [4.69, 9.17) is 5.11 Å². The fourth-order valence-electron chi connectivity index (χ4n) is 3.03. The molecule has 1 amide bonds. The van der Waals surface area contributed by atoms with Crippen molar-refractivity contribution in [2.45, 2.75) is 39.0 Å². The van der Waals surface area contributed by atoms with E-state index in [1.165, 1.54) is 4.88 Å². The summed E-state index contributed by atoms with van der Waals surface area (Å²) in [7, 11) is 0. The monoisotopic (exact) mass is 308 g/mol. The Labute approximate surface area is 128 Å². The van der Waals surface area contributed by atoms with Crippen molar-refractivity contribution in [3.63, 3.8) is 0 Å². The van der Waals surface area contributed by atoms with Crippen LogP contribution in [-0.4, -0.2) is 40.0 Å². The molecule has 3 rings (SSSR count). The van der Waals surface area contributed by atoms with Crippen molar-refractivity contribution in [1.82, 2.24) is 9.88 Å². The number of piperidine rings is 1. The lowest BCUT2D eigenvalue weighted by molar-refractivity contribution is -0.142. The summed E-state index contributed by atoms with van der Waals surface area (Å²) >= 11 is 1.72. The van der Waals surface area contributed by atoms with Gasteiger partial charge in [-0.2, -0.15) is 0 Å². The SMILES string of the molecule is Cc1nc(C2CCCN(C(=O)C3CC3C(=O)O)C2)sc1C. The van der Waals surface area contributed by atoms with Gasteiger partial charge in [-0.1, -0.05) is 0 Å². The number of hydrogen-bond acceptors (Lipinski definition) is 4. The number of carbonyl (C=O) groups is 2. The number of likely N-dealkylation sites (tertiary alicyclic amines) is 1. The van der Waals surface area contributed by atoms with Gasteiger partial charge in [-0.05, 0) is 33.1 Å². The minimum Gasteiger partial charge on any atom is -0.481 e. The van der Waals surface area contributed by atoms with E-state index in [1.54, 1.807) is 11.3 Å². The average molecular weight is 308 g/mol. The number of carboxylic acid groups (broad SMARTS) is 1. The second kappa shape index (κ2) is 5.40. The van der Waals surface area contributed by atoms with Gasteiger partial charge >= 0.3 is 5.97 Å². The summed E-state index contributed by atoms with van der Waals surface area (Å²) in [4.78, 5) is 31.0. The first kappa shape index (κ1) is 14.5. The van der Waals surface area contributed by atoms with E-state index in [0.717, 1.165) is 30.1 Å². The van der Waals surface area contributed by atoms with Crippen molar-refractivity contribution < 1.29 is 14.7 Å². The second-order valence-electron chi connectivity index (χ2n) is 6.10. The minimum atomic E-state index is -0.840. The predicted octanol–water partition coefficient (Wildman–Crippen LogP) is 2.19. The molecule has 3 atom stereocenters. The van der Waals surface area contributed by atoms with Gasteiger partial charge in [-0.25, -0.2) is 4.98 Å². The maximum absolute atomic E-state index is 12.4. The van der Waals surface area contributed by atoms with Crippen LogP contribution in [0.5, 0.6) is 0 Å². The highest BCUT2D eigenvalue weighted by Gasteiger charge is 2.50. The van der Waals surface area contributed by atoms with E-state index in [0.29, 0.717) is 18.9 Å². The van der Waals surface area contributed by atoms with Gasteiger partial charge in [0.2, 0.25) is 5.91 Å². The van der Waals surface area contributed by atoms with Crippen LogP contribution in [-0.2, 0) is 9.59 Å². The van der Waals surface area contributed by atoms with Crippen LogP contribution < -0.4 is 0 Å². The summed E-state index contributed by atoms with van der Waals surface area (Å²) in [6, 6.07) is 0. The summed E-state index contributed by atoms with van der Waals surface area (Å²) in [6.45, 7) is 5.53. The Morgan fingerprint density at radius 3 is 2.67 bits per heavy atom. The van der Waals surface area contributed by atoms with E-state index in [2.05, 4.69) is 11.9 Å². The molecule has 1 saturated carbocycles. The van der Waals surface area contributed by atoms with Crippen LogP contribution in [0.2, 0.25) is 0 Å². The fraction of sp³-hybridized carbons (Fsp3) is 0.667. The molecule has 0 bridgehead atoms. The number of hydrogen-bond donors (Lipinski definition) is 1. The minimum absolute atomic E-state index is 0.0251. The first-order chi connectivity index (χ1) is 9.97. The molecule has 1 aromatic rings. The molecule has 6 heteroatoms. The maximum Gasteiger partial charge on any atom is 0.307 e. The molecule has 1 aromatic heterocycles. The lowest BCUT2D eigenvalue weighted by Crippen LogP contribution is -2.40. The van der Waals surface area contributed by atoms with Crippen LogP contribution in [0.4, 0.5) is 0 Å². The van der Waals surface area contributed by atoms with Crippen LogP contribution in [0.25, 0.3) is 0 Å². The van der Waals surface area contributed by atoms with E-state index >= 15 is 0 Å². The van der Waals surface area contributed by atoms with E-state index < -0.39 is 11.9 Å². The molecule has 1 saturated heterocycles. The fourth-order valence-corrected chi connectivity index (χ4v) is 4.08. The van der Waals surface area contributed by atoms with Crippen LogP contribution in [0.3, 0.4) is 0 Å². The Bertz CT molecular complexity index is 564. The van der Waals surface area contributed by atoms with E-state index in [9.17, 15) is 9.59 Å². The van der Waals surface area contributed by atoms with E-state index in [1.807, 2.05) is 11.8 Å². The quantitative estimate of drug-likeness (QED) is 0.929. The van der Waals surface area contributed by atoms with Crippen molar-refractivity contribution in [2.75, 3.05) is 13.1 Å². The normalized spacial score (nSPS) is 28.5. The molecule has 1 aliphatic heterocycles. The summed E-state index contributed by atoms with van der Waals surface area (Å²) in [6.07, 6.45) is 2.53. The van der Waals surface area contributed by atoms with Crippen LogP contribution in [0, 0.1) is 25.7 Å². The zero-order chi connectivity index (χ0) is 15.1. The van der Waals surface area contributed by atoms with Gasteiger partial charge in [0.25, 0.3) is 0 Å². The first-order valence-electron chi connectivity index (χ1n) is 7.43. The van der Waals surface area contributed by atoms with Gasteiger partial charge < -0.3 is 10.0 Å². The molecule has 0 spiro atoms. The molecular weight excluding hydrogens is 288 g/mol. The van der Waals surface area contributed by atoms with Gasteiger partial charge in [0.05, 0.1) is 22.5 Å². The van der Waals surface area contributed by atoms with Crippen molar-refractivity contribution in [2.24, 2.45) is 11.8 Å². The maximum atomic E-state index is 12.4. The molecular formula is C15H20N2O3S. The Balaban J connectivity index is 1.66. The van der Waals surface area contributed by atoms with Gasteiger partial charge in [-0.15, -0.1) is 11.3 Å². The molecule has 2 fully saturated rings. The highest BCUT2D eigenvalue weighted by Crippen LogP contribution is 2.41. The van der Waals surface area contributed by atoms with Gasteiger partial charge in [0.1, 0.15) is 0 Å². The van der Waals surface area contributed by atoms with Crippen LogP contribution in [0.15, 0.2) is 0 Å². The van der Waals surface area contributed by atoms with Gasteiger partial charge in [0.15, 0.2) is 0 Å². The highest BCUT2D eigenvalue weighted by molar-refractivity contribution is 7.11. The van der Waals surface area contributed by atoms with Crippen molar-refractivity contribution in [3.05, 3.63) is 15.6 Å². The Kier molecular flexibility index (Phi) is 3.73. The number of carbonyl (C=O) groups excluding carboxylic acids is 1. The largest absolute Gasteiger partial charge is 0.481 e. The summed E-state index contributed by atoms with van der Waals surface area (Å²) < 4.78 is 0. The molecule has 2 aliphatic rings. The van der Waals surface area contributed by atoms with Crippen molar-refractivity contribution >= 4 is 23.2 Å². The first-order valence-corrected chi connectivity index (χ1v) is 8.24. The second-order valence-corrected chi connectivity index (χ2v) is 7.34. The molecule has 0 aromatic carbocycles. The third kappa shape index (κ3) is 2.81. The zero-order valence-electron chi connectivity index (χ0n) is 12.3. The lowest BCUT2D eigenvalue weighted by Gasteiger charge is -2.32. The molecule has 1 aliphatic carbocycles. The molecule has 114 valence electrons. The molecule has 5 nitrogen and oxygen atoms in total. The Morgan fingerprint density at radius 2 is 2.10 bits per heavy atom. The smallest absolute Gasteiger partial charge is 0.307 e. The molecule has 0 radical (unpaired) electrons. The summed E-state index contributed by atoms with van der Waals surface area (Å²) in [5, 5.41) is 10.1. The van der Waals surface area contributed by atoms with Crippen molar-refractivity contribution in [3.8, 4) is 0 Å². The van der Waals surface area contributed by atoms with Crippen LogP contribution in [0.1, 0.15) is 40.8 Å². The average Bonchev–Trinajstić information content (AvgIpc) is 3.20. The standard InChI is InChI=1S/C15H20N2O3S/c1-8-9(2)21-13(16-8)10-4-3-5-17(7-10)14(18)11-6-12(11)15(19)20/h10-12H,3-7H2,1-2H3,(H,19,20). The summed E-state index contributed by atoms with van der Waals surface area (Å²) in [5.41, 5.74) is 1.08. The number of nitrogens with zero attached hydrogens (tertiary/aromatic N) is 2. The number of thiazole rings is 1. The Morgan fingerprint density at radius 1 is 1.33 bits per heavy atom. The number of aliphatic carboxylic acids is 1. The number of carboxylic acids is 1. The number of amides is 1. The third-order valence-corrected chi connectivity index (χ3v) is 5.79. The number of rotatable bonds is 3. The number of aryl methyl sites for hydroxylation is 2. The topological polar surface area (TPSA) is 70.5 Å². The lowest BCUT2D eigenvalue weighted by atomic mass is 9.98. The Hall–Kier alpha value is -1.43. The van der Waals surface area contributed by atoms with Gasteiger partial charge in [-0.3, -0.25) is 9.59 Å². The molecule has 3 unspecified atom stereocenters. The predicted molar refractivity (Wildman–Crippen MR) is 79.4 cm³/mol. The number of aromatic nitrogens is 1. The van der Waals surface area contributed by atoms with Crippen molar-refractivity contribution in [1.29, 1.82) is 0 Å². The van der Waals surface area contributed by atoms with Gasteiger partial charge in [0, 0.05) is 23.9 Å². The molecule has 2 heterocycles. The molecule has 21 heavy (non-hydrogen) atoms. The van der Waals surface area contributed by atoms with E-state index in [-0.39, 0.29) is 11.8 Å².